The van der Waals surface area contributed by atoms with E-state index in [1.807, 2.05) is 14.0 Å². The normalized spacial score (nSPS) is 18.5. The lowest BCUT2D eigenvalue weighted by Gasteiger charge is -2.50. The van der Waals surface area contributed by atoms with Crippen molar-refractivity contribution in [1.82, 2.24) is 14.4 Å². The van der Waals surface area contributed by atoms with E-state index in [0.29, 0.717) is 68.4 Å². The van der Waals surface area contributed by atoms with Crippen LogP contribution in [0.4, 0.5) is 13.2 Å². The Morgan fingerprint density at radius 3 is 2.41 bits per heavy atom. The van der Waals surface area contributed by atoms with Gasteiger partial charge in [0.25, 0.3) is 5.91 Å². The highest BCUT2D eigenvalue weighted by atomic mass is 19.4. The molecule has 4 rings (SSSR count). The van der Waals surface area contributed by atoms with E-state index in [1.165, 1.54) is 10.6 Å². The first-order chi connectivity index (χ1) is 15.2. The molecule has 2 aliphatic rings. The number of hydrogen-bond acceptors (Lipinski definition) is 4. The third kappa shape index (κ3) is 3.72. The molecule has 174 valence electrons. The maximum absolute atomic E-state index is 13.5. The number of alkyl halides is 3. The molecule has 1 amide bonds. The van der Waals surface area contributed by atoms with Crippen molar-refractivity contribution < 1.29 is 27.4 Å². The highest BCUT2D eigenvalue weighted by Crippen LogP contribution is 2.44. The number of likely N-dealkylation sites (tertiary alicyclic amines) is 1. The summed E-state index contributed by atoms with van der Waals surface area (Å²) in [7, 11) is 3.50. The number of rotatable bonds is 4. The van der Waals surface area contributed by atoms with E-state index in [0.717, 1.165) is 0 Å². The Bertz CT molecular complexity index is 994. The molecule has 0 radical (unpaired) electrons. The maximum Gasteiger partial charge on any atom is 0.431 e. The number of carbonyl (C=O) groups excluding carboxylic acids is 1. The summed E-state index contributed by atoms with van der Waals surface area (Å²) in [5.74, 6) is 0.957. The predicted octanol–water partition coefficient (Wildman–Crippen LogP) is 3.99. The molecule has 0 atom stereocenters. The third-order valence-electron chi connectivity index (χ3n) is 6.73. The molecule has 2 aromatic rings. The third-order valence-corrected chi connectivity index (χ3v) is 6.73. The van der Waals surface area contributed by atoms with Gasteiger partial charge >= 0.3 is 6.18 Å². The van der Waals surface area contributed by atoms with Gasteiger partial charge in [-0.05, 0) is 57.1 Å². The molecule has 0 N–H and O–H groups in total. The average Bonchev–Trinajstić information content (AvgIpc) is 3.22. The molecule has 0 bridgehead atoms. The van der Waals surface area contributed by atoms with Gasteiger partial charge in [0.2, 0.25) is 0 Å². The molecular weight excluding hydrogens is 423 g/mol. The van der Waals surface area contributed by atoms with Crippen molar-refractivity contribution in [3.8, 4) is 11.5 Å². The van der Waals surface area contributed by atoms with E-state index in [4.69, 9.17) is 9.47 Å². The zero-order valence-corrected chi connectivity index (χ0v) is 18.5. The molecule has 9 heteroatoms. The van der Waals surface area contributed by atoms with Gasteiger partial charge in [0, 0.05) is 37.4 Å². The summed E-state index contributed by atoms with van der Waals surface area (Å²) in [6.45, 7) is 4.08. The maximum atomic E-state index is 13.5. The quantitative estimate of drug-likeness (QED) is 0.705. The zero-order valence-electron chi connectivity index (χ0n) is 18.5. The van der Waals surface area contributed by atoms with Crippen molar-refractivity contribution in [2.24, 2.45) is 0 Å². The first-order valence-corrected chi connectivity index (χ1v) is 10.8. The number of nitrogens with zero attached hydrogens (tertiary/aromatic N) is 3. The van der Waals surface area contributed by atoms with Crippen molar-refractivity contribution in [2.45, 2.75) is 38.0 Å². The van der Waals surface area contributed by atoms with Crippen LogP contribution in [0.2, 0.25) is 0 Å². The molecular formula is C23H28F3N3O3. The molecule has 1 fully saturated rings. The SMILES string of the molecule is CCOc1cc(C(=O)N2CCC3(CC2)c2ccc(C(F)(F)F)n2CCN3C)ccc1OC. The fraction of sp³-hybridized carbons (Fsp3) is 0.522. The summed E-state index contributed by atoms with van der Waals surface area (Å²) < 4.78 is 52.6. The Balaban J connectivity index is 1.55. The van der Waals surface area contributed by atoms with Gasteiger partial charge in [-0.25, -0.2) is 0 Å². The minimum absolute atomic E-state index is 0.117. The van der Waals surface area contributed by atoms with Gasteiger partial charge in [-0.3, -0.25) is 9.69 Å². The lowest BCUT2D eigenvalue weighted by Crippen LogP contribution is -2.56. The number of benzene rings is 1. The van der Waals surface area contributed by atoms with Crippen LogP contribution in [0.15, 0.2) is 30.3 Å². The molecule has 0 aliphatic carbocycles. The Morgan fingerprint density at radius 2 is 1.78 bits per heavy atom. The second-order valence-electron chi connectivity index (χ2n) is 8.30. The molecule has 0 unspecified atom stereocenters. The number of fused-ring (bicyclic) bond motifs is 2. The van der Waals surface area contributed by atoms with Crippen LogP contribution in [0.3, 0.4) is 0 Å². The number of amides is 1. The summed E-state index contributed by atoms with van der Waals surface area (Å²) in [4.78, 5) is 17.1. The lowest BCUT2D eigenvalue weighted by molar-refractivity contribution is -0.144. The molecule has 1 spiro atoms. The Hall–Kier alpha value is -2.68. The van der Waals surface area contributed by atoms with Crippen LogP contribution >= 0.6 is 0 Å². The van der Waals surface area contributed by atoms with E-state index >= 15 is 0 Å². The fourth-order valence-electron chi connectivity index (χ4n) is 5.00. The highest BCUT2D eigenvalue weighted by Gasteiger charge is 2.47. The molecule has 0 saturated carbocycles. The standard InChI is InChI=1S/C23H28F3N3O3/c1-4-32-18-15-16(5-6-17(18)31-3)21(30)28-11-9-22(10-12-28)19-7-8-20(23(24,25)26)29(19)14-13-27(22)2/h5-8,15H,4,9-14H2,1-3H3. The molecule has 6 nitrogen and oxygen atoms in total. The fourth-order valence-corrected chi connectivity index (χ4v) is 5.00. The van der Waals surface area contributed by atoms with E-state index < -0.39 is 17.4 Å². The average molecular weight is 451 g/mol. The van der Waals surface area contributed by atoms with E-state index in [-0.39, 0.29) is 5.91 Å². The molecule has 1 aromatic heterocycles. The second kappa shape index (κ2) is 8.35. The van der Waals surface area contributed by atoms with E-state index in [9.17, 15) is 18.0 Å². The molecule has 2 aliphatic heterocycles. The summed E-state index contributed by atoms with van der Waals surface area (Å²) in [5, 5.41) is 0. The van der Waals surface area contributed by atoms with Crippen LogP contribution in [0, 0.1) is 0 Å². The van der Waals surface area contributed by atoms with Crippen molar-refractivity contribution in [1.29, 1.82) is 0 Å². The van der Waals surface area contributed by atoms with Crippen LogP contribution in [0.5, 0.6) is 11.5 Å². The van der Waals surface area contributed by atoms with Crippen molar-refractivity contribution >= 4 is 5.91 Å². The minimum atomic E-state index is -4.38. The minimum Gasteiger partial charge on any atom is -0.493 e. The number of likely N-dealkylation sites (N-methyl/N-ethyl adjacent to an activating group) is 1. The van der Waals surface area contributed by atoms with Crippen molar-refractivity contribution in [3.05, 3.63) is 47.3 Å². The van der Waals surface area contributed by atoms with E-state index in [1.54, 1.807) is 36.3 Å². The summed E-state index contributed by atoms with van der Waals surface area (Å²) in [5.41, 5.74) is 0.0911. The number of ether oxygens (including phenoxy) is 2. The van der Waals surface area contributed by atoms with Crippen molar-refractivity contribution in [2.75, 3.05) is 40.4 Å². The molecule has 1 saturated heterocycles. The molecule has 3 heterocycles. The second-order valence-corrected chi connectivity index (χ2v) is 8.30. The predicted molar refractivity (Wildman–Crippen MR) is 113 cm³/mol. The summed E-state index contributed by atoms with van der Waals surface area (Å²) in [6, 6.07) is 7.89. The number of halogens is 3. The number of hydrogen-bond donors (Lipinski definition) is 0. The number of carbonyl (C=O) groups is 1. The van der Waals surface area contributed by atoms with Crippen LogP contribution in [0.1, 0.15) is 41.5 Å². The van der Waals surface area contributed by atoms with Crippen LogP contribution < -0.4 is 9.47 Å². The molecule has 32 heavy (non-hydrogen) atoms. The summed E-state index contributed by atoms with van der Waals surface area (Å²) >= 11 is 0. The Labute approximate surface area is 185 Å². The van der Waals surface area contributed by atoms with Gasteiger partial charge in [-0.1, -0.05) is 0 Å². The number of piperidine rings is 1. The highest BCUT2D eigenvalue weighted by molar-refractivity contribution is 5.95. The van der Waals surface area contributed by atoms with Crippen LogP contribution in [-0.2, 0) is 18.3 Å². The first kappa shape index (κ1) is 22.5. The smallest absolute Gasteiger partial charge is 0.431 e. The largest absolute Gasteiger partial charge is 0.493 e. The summed E-state index contributed by atoms with van der Waals surface area (Å²) in [6.07, 6.45) is -3.23. The first-order valence-electron chi connectivity index (χ1n) is 10.8. The van der Waals surface area contributed by atoms with Gasteiger partial charge in [-0.15, -0.1) is 0 Å². The van der Waals surface area contributed by atoms with Crippen LogP contribution in [0.25, 0.3) is 0 Å². The number of aromatic nitrogens is 1. The van der Waals surface area contributed by atoms with Gasteiger partial charge in [0.05, 0.1) is 19.3 Å². The van der Waals surface area contributed by atoms with Gasteiger partial charge in [-0.2, -0.15) is 13.2 Å². The Kier molecular flexibility index (Phi) is 5.87. The van der Waals surface area contributed by atoms with Crippen LogP contribution in [-0.4, -0.2) is 60.7 Å². The zero-order chi connectivity index (χ0) is 23.1. The van der Waals surface area contributed by atoms with Gasteiger partial charge in [0.1, 0.15) is 5.69 Å². The lowest BCUT2D eigenvalue weighted by atomic mass is 9.81. The topological polar surface area (TPSA) is 46.9 Å². The van der Waals surface area contributed by atoms with Crippen molar-refractivity contribution in [3.63, 3.8) is 0 Å². The monoisotopic (exact) mass is 451 g/mol. The van der Waals surface area contributed by atoms with E-state index in [2.05, 4.69) is 4.90 Å². The Morgan fingerprint density at radius 1 is 1.06 bits per heavy atom. The number of methoxy groups -OCH3 is 1. The van der Waals surface area contributed by atoms with Gasteiger partial charge < -0.3 is 18.9 Å². The molecule has 1 aromatic carbocycles. The van der Waals surface area contributed by atoms with Gasteiger partial charge in [0.15, 0.2) is 11.5 Å².